The topological polar surface area (TPSA) is 92.9 Å². The summed E-state index contributed by atoms with van der Waals surface area (Å²) in [6.07, 6.45) is 5.09. The first-order chi connectivity index (χ1) is 10.1. The van der Waals surface area contributed by atoms with E-state index in [0.717, 1.165) is 11.3 Å². The number of benzene rings is 1. The van der Waals surface area contributed by atoms with E-state index in [-0.39, 0.29) is 12.1 Å². The normalized spacial score (nSPS) is 13.4. The molecule has 0 spiro atoms. The Hall–Kier alpha value is -2.47. The summed E-state index contributed by atoms with van der Waals surface area (Å²) in [5, 5.41) is 6.00. The van der Waals surface area contributed by atoms with Crippen LogP contribution in [0.5, 0.6) is 0 Å². The largest absolute Gasteiger partial charge is 0.351 e. The first kappa shape index (κ1) is 14.9. The molecule has 1 aromatic heterocycles. The van der Waals surface area contributed by atoms with Crippen molar-refractivity contribution in [3.63, 3.8) is 0 Å². The number of primary amides is 1. The average molecular weight is 285 g/mol. The second-order valence-electron chi connectivity index (χ2n) is 4.85. The van der Waals surface area contributed by atoms with E-state index in [1.165, 1.54) is 0 Å². The number of carbonyl (C=O) groups excluding carboxylic acids is 1. The van der Waals surface area contributed by atoms with Crippen LogP contribution in [0.3, 0.4) is 0 Å². The number of carbonyl (C=O) groups is 1. The fraction of sp³-hybridized carbons (Fsp3) is 0.267. The number of hydrogen-bond acceptors (Lipinski definition) is 4. The van der Waals surface area contributed by atoms with Gasteiger partial charge in [-0.15, -0.1) is 0 Å². The van der Waals surface area contributed by atoms with Crippen LogP contribution in [0, 0.1) is 0 Å². The van der Waals surface area contributed by atoms with Crippen molar-refractivity contribution in [2.75, 3.05) is 5.32 Å². The van der Waals surface area contributed by atoms with Crippen molar-refractivity contribution in [2.24, 2.45) is 5.73 Å². The zero-order valence-electron chi connectivity index (χ0n) is 12.1. The Bertz CT molecular complexity index is 585. The van der Waals surface area contributed by atoms with E-state index in [1.807, 2.05) is 31.2 Å². The zero-order chi connectivity index (χ0) is 15.2. The van der Waals surface area contributed by atoms with Crippen molar-refractivity contribution in [1.82, 2.24) is 15.3 Å². The van der Waals surface area contributed by atoms with Crippen LogP contribution in [0.25, 0.3) is 0 Å². The smallest absolute Gasteiger partial charge is 0.316 e. The summed E-state index contributed by atoms with van der Waals surface area (Å²) in [6, 6.07) is 7.22. The monoisotopic (exact) mass is 285 g/mol. The molecule has 0 saturated carbocycles. The number of amides is 2. The first-order valence-corrected chi connectivity index (χ1v) is 6.74. The van der Waals surface area contributed by atoms with E-state index in [1.54, 1.807) is 18.6 Å². The number of aromatic nitrogens is 2. The number of urea groups is 1. The Kier molecular flexibility index (Phi) is 4.84. The van der Waals surface area contributed by atoms with Crippen LogP contribution < -0.4 is 16.4 Å². The molecule has 110 valence electrons. The molecule has 6 heteroatoms. The van der Waals surface area contributed by atoms with Crippen LogP contribution in [0.1, 0.15) is 37.2 Å². The highest BCUT2D eigenvalue weighted by atomic mass is 16.2. The third-order valence-electron chi connectivity index (χ3n) is 3.21. The van der Waals surface area contributed by atoms with Gasteiger partial charge in [0.1, 0.15) is 0 Å². The average Bonchev–Trinajstić information content (AvgIpc) is 2.48. The van der Waals surface area contributed by atoms with E-state index >= 15 is 0 Å². The lowest BCUT2D eigenvalue weighted by atomic mass is 10.1. The van der Waals surface area contributed by atoms with E-state index in [9.17, 15) is 4.79 Å². The first-order valence-electron chi connectivity index (χ1n) is 6.74. The van der Waals surface area contributed by atoms with Gasteiger partial charge in [-0.1, -0.05) is 12.1 Å². The maximum absolute atomic E-state index is 10.8. The molecule has 0 aliphatic carbocycles. The van der Waals surface area contributed by atoms with E-state index in [2.05, 4.69) is 27.5 Å². The summed E-state index contributed by atoms with van der Waals surface area (Å²) < 4.78 is 0. The number of nitrogens with zero attached hydrogens (tertiary/aromatic N) is 2. The minimum Gasteiger partial charge on any atom is -0.351 e. The lowest BCUT2D eigenvalue weighted by molar-refractivity contribution is 0.259. The van der Waals surface area contributed by atoms with Gasteiger partial charge < -0.3 is 16.4 Å². The van der Waals surface area contributed by atoms with E-state index < -0.39 is 6.03 Å². The number of rotatable bonds is 5. The van der Waals surface area contributed by atoms with Crippen molar-refractivity contribution < 1.29 is 4.79 Å². The lowest BCUT2D eigenvalue weighted by Crippen LogP contribution is -2.23. The van der Waals surface area contributed by atoms with Crippen LogP contribution in [-0.2, 0) is 0 Å². The van der Waals surface area contributed by atoms with E-state index in [4.69, 9.17) is 5.73 Å². The standard InChI is InChI=1S/C15H19N5O/c1-10(19-11(2)14-9-17-7-8-18-14)12-3-5-13(6-4-12)20-15(16)21/h3-11,19H,1-2H3,(H3,16,20,21). The van der Waals surface area contributed by atoms with Crippen LogP contribution in [-0.4, -0.2) is 16.0 Å². The zero-order valence-corrected chi connectivity index (χ0v) is 12.1. The number of anilines is 1. The van der Waals surface area contributed by atoms with Gasteiger partial charge in [0, 0.05) is 36.4 Å². The van der Waals surface area contributed by atoms with Crippen molar-refractivity contribution in [3.8, 4) is 0 Å². The quantitative estimate of drug-likeness (QED) is 0.786. The van der Waals surface area contributed by atoms with Gasteiger partial charge in [0.05, 0.1) is 5.69 Å². The molecule has 2 rings (SSSR count). The summed E-state index contributed by atoms with van der Waals surface area (Å²) >= 11 is 0. The molecule has 0 aliphatic rings. The van der Waals surface area contributed by atoms with Crippen LogP contribution in [0.4, 0.5) is 10.5 Å². The van der Waals surface area contributed by atoms with Gasteiger partial charge in [-0.05, 0) is 31.5 Å². The third kappa shape index (κ3) is 4.25. The molecule has 0 aliphatic heterocycles. The van der Waals surface area contributed by atoms with Gasteiger partial charge >= 0.3 is 6.03 Å². The summed E-state index contributed by atoms with van der Waals surface area (Å²) in [5.41, 5.74) is 7.77. The number of hydrogen-bond donors (Lipinski definition) is 3. The molecule has 0 fully saturated rings. The molecule has 6 nitrogen and oxygen atoms in total. The second-order valence-corrected chi connectivity index (χ2v) is 4.85. The van der Waals surface area contributed by atoms with Crippen molar-refractivity contribution >= 4 is 11.7 Å². The maximum Gasteiger partial charge on any atom is 0.316 e. The fourth-order valence-corrected chi connectivity index (χ4v) is 2.09. The van der Waals surface area contributed by atoms with Crippen molar-refractivity contribution in [3.05, 3.63) is 54.1 Å². The molecule has 0 bridgehead atoms. The molecule has 2 unspecified atom stereocenters. The van der Waals surface area contributed by atoms with Gasteiger partial charge in [0.2, 0.25) is 0 Å². The predicted molar refractivity (Wildman–Crippen MR) is 81.6 cm³/mol. The Morgan fingerprint density at radius 1 is 1.14 bits per heavy atom. The Labute approximate surface area is 123 Å². The van der Waals surface area contributed by atoms with Crippen molar-refractivity contribution in [2.45, 2.75) is 25.9 Å². The number of nitrogens with one attached hydrogen (secondary N) is 2. The van der Waals surface area contributed by atoms with Gasteiger partial charge in [0.25, 0.3) is 0 Å². The molecular weight excluding hydrogens is 266 g/mol. The molecule has 2 amide bonds. The van der Waals surface area contributed by atoms with Crippen molar-refractivity contribution in [1.29, 1.82) is 0 Å². The van der Waals surface area contributed by atoms with Gasteiger partial charge in [0.15, 0.2) is 0 Å². The van der Waals surface area contributed by atoms with Gasteiger partial charge in [-0.3, -0.25) is 9.97 Å². The Morgan fingerprint density at radius 2 is 1.86 bits per heavy atom. The summed E-state index contributed by atoms with van der Waals surface area (Å²) in [5.74, 6) is 0. The third-order valence-corrected chi connectivity index (χ3v) is 3.21. The maximum atomic E-state index is 10.8. The SMILES string of the molecule is CC(NC(C)c1cnccn1)c1ccc(NC(N)=O)cc1. The Balaban J connectivity index is 2.00. The summed E-state index contributed by atoms with van der Waals surface area (Å²) in [4.78, 5) is 19.1. The molecule has 1 heterocycles. The Morgan fingerprint density at radius 3 is 2.43 bits per heavy atom. The molecule has 2 aromatic rings. The summed E-state index contributed by atoms with van der Waals surface area (Å²) in [6.45, 7) is 4.12. The predicted octanol–water partition coefficient (Wildman–Crippen LogP) is 2.38. The van der Waals surface area contributed by atoms with Crippen LogP contribution in [0.15, 0.2) is 42.9 Å². The second kappa shape index (κ2) is 6.81. The molecule has 0 radical (unpaired) electrons. The minimum absolute atomic E-state index is 0.0946. The molecule has 2 atom stereocenters. The van der Waals surface area contributed by atoms with E-state index in [0.29, 0.717) is 5.69 Å². The highest BCUT2D eigenvalue weighted by Gasteiger charge is 2.12. The highest BCUT2D eigenvalue weighted by Crippen LogP contribution is 2.19. The summed E-state index contributed by atoms with van der Waals surface area (Å²) in [7, 11) is 0. The van der Waals surface area contributed by atoms with Gasteiger partial charge in [-0.25, -0.2) is 4.79 Å². The molecule has 1 aromatic carbocycles. The number of nitrogens with two attached hydrogens (primary N) is 1. The van der Waals surface area contributed by atoms with Crippen LogP contribution in [0.2, 0.25) is 0 Å². The molecule has 21 heavy (non-hydrogen) atoms. The molecule has 4 N–H and O–H groups in total. The molecule has 0 saturated heterocycles. The van der Waals surface area contributed by atoms with Gasteiger partial charge in [-0.2, -0.15) is 0 Å². The molecular formula is C15H19N5O. The minimum atomic E-state index is -0.565. The lowest BCUT2D eigenvalue weighted by Gasteiger charge is -2.20. The fourth-order valence-electron chi connectivity index (χ4n) is 2.09. The van der Waals surface area contributed by atoms with Crippen LogP contribution >= 0.6 is 0 Å². The highest BCUT2D eigenvalue weighted by molar-refractivity contribution is 5.87.